The van der Waals surface area contributed by atoms with Crippen LogP contribution < -0.4 is 5.32 Å². The van der Waals surface area contributed by atoms with E-state index in [2.05, 4.69) is 11.2 Å². The third-order valence-corrected chi connectivity index (χ3v) is 6.73. The Balaban J connectivity index is 2.28. The zero-order valence-electron chi connectivity index (χ0n) is 18.5. The SMILES string of the molecule is C#Cc1c(F)cccc1C(Nc1cccc2c(C)c(C)ccc12)C(O)(CSC)C(C)(F)F. The van der Waals surface area contributed by atoms with Gasteiger partial charge in [0.15, 0.2) is 5.60 Å². The minimum atomic E-state index is -3.51. The van der Waals surface area contributed by atoms with E-state index in [-0.39, 0.29) is 16.9 Å². The minimum Gasteiger partial charge on any atom is -0.380 e. The number of aliphatic hydroxyl groups is 1. The summed E-state index contributed by atoms with van der Waals surface area (Å²) < 4.78 is 44.4. The highest BCUT2D eigenvalue weighted by Crippen LogP contribution is 2.44. The summed E-state index contributed by atoms with van der Waals surface area (Å²) in [7, 11) is 0. The van der Waals surface area contributed by atoms with Crippen LogP contribution in [0.3, 0.4) is 0 Å². The van der Waals surface area contributed by atoms with Crippen molar-refractivity contribution in [3.63, 3.8) is 0 Å². The molecule has 0 radical (unpaired) electrons. The Labute approximate surface area is 191 Å². The molecule has 0 heterocycles. The van der Waals surface area contributed by atoms with Crippen LogP contribution in [0, 0.1) is 32.0 Å². The fourth-order valence-corrected chi connectivity index (χ4v) is 4.83. The van der Waals surface area contributed by atoms with Gasteiger partial charge in [-0.1, -0.05) is 42.3 Å². The van der Waals surface area contributed by atoms with Gasteiger partial charge in [0.1, 0.15) is 5.82 Å². The van der Waals surface area contributed by atoms with Gasteiger partial charge in [-0.15, -0.1) is 6.42 Å². The summed E-state index contributed by atoms with van der Waals surface area (Å²) in [6.45, 7) is 4.66. The van der Waals surface area contributed by atoms with Crippen LogP contribution in [0.2, 0.25) is 0 Å². The van der Waals surface area contributed by atoms with Gasteiger partial charge in [-0.25, -0.2) is 13.2 Å². The van der Waals surface area contributed by atoms with E-state index in [1.165, 1.54) is 18.2 Å². The molecule has 6 heteroatoms. The molecule has 0 aliphatic rings. The Hall–Kier alpha value is -2.62. The second-order valence-corrected chi connectivity index (χ2v) is 8.95. The van der Waals surface area contributed by atoms with Crippen molar-refractivity contribution in [3.8, 4) is 12.3 Å². The molecule has 32 heavy (non-hydrogen) atoms. The molecule has 0 aromatic heterocycles. The molecule has 3 rings (SSSR count). The van der Waals surface area contributed by atoms with Gasteiger partial charge in [-0.05, 0) is 54.3 Å². The van der Waals surface area contributed by atoms with Crippen LogP contribution >= 0.6 is 11.8 Å². The molecule has 2 unspecified atom stereocenters. The molecule has 0 amide bonds. The maximum atomic E-state index is 14.9. The van der Waals surface area contributed by atoms with Crippen molar-refractivity contribution in [2.75, 3.05) is 17.3 Å². The van der Waals surface area contributed by atoms with Gasteiger partial charge in [-0.3, -0.25) is 0 Å². The first-order chi connectivity index (χ1) is 15.0. The lowest BCUT2D eigenvalue weighted by Crippen LogP contribution is -2.55. The zero-order chi connectivity index (χ0) is 23.7. The predicted octanol–water partition coefficient (Wildman–Crippen LogP) is 6.48. The van der Waals surface area contributed by atoms with Crippen LogP contribution in [0.1, 0.15) is 35.2 Å². The third kappa shape index (κ3) is 4.20. The van der Waals surface area contributed by atoms with Crippen LogP contribution in [-0.4, -0.2) is 28.6 Å². The summed E-state index contributed by atoms with van der Waals surface area (Å²) in [5, 5.41) is 16.3. The molecular formula is C26H26F3NOS. The van der Waals surface area contributed by atoms with Crippen LogP contribution in [0.15, 0.2) is 48.5 Å². The van der Waals surface area contributed by atoms with Crippen LogP contribution in [0.4, 0.5) is 18.9 Å². The third-order valence-electron chi connectivity index (χ3n) is 6.00. The molecule has 2 nitrogen and oxygen atoms in total. The summed E-state index contributed by atoms with van der Waals surface area (Å²) in [6, 6.07) is 12.1. The summed E-state index contributed by atoms with van der Waals surface area (Å²) in [5.74, 6) is -2.24. The normalized spacial score (nSPS) is 14.6. The van der Waals surface area contributed by atoms with E-state index in [1.807, 2.05) is 38.1 Å². The molecule has 0 saturated heterocycles. The van der Waals surface area contributed by atoms with E-state index in [4.69, 9.17) is 6.42 Å². The number of terminal acetylenes is 1. The number of alkyl halides is 2. The average molecular weight is 458 g/mol. The molecule has 3 aromatic rings. The predicted molar refractivity (Wildman–Crippen MR) is 128 cm³/mol. The Morgan fingerprint density at radius 3 is 2.41 bits per heavy atom. The Bertz CT molecular complexity index is 1180. The van der Waals surface area contributed by atoms with Gasteiger partial charge in [0.25, 0.3) is 5.92 Å². The van der Waals surface area contributed by atoms with Gasteiger partial charge in [-0.2, -0.15) is 11.8 Å². The van der Waals surface area contributed by atoms with Gasteiger partial charge in [0.05, 0.1) is 11.6 Å². The largest absolute Gasteiger partial charge is 0.380 e. The first-order valence-corrected chi connectivity index (χ1v) is 11.5. The fourth-order valence-electron chi connectivity index (χ4n) is 3.97. The van der Waals surface area contributed by atoms with Crippen molar-refractivity contribution < 1.29 is 18.3 Å². The van der Waals surface area contributed by atoms with Crippen molar-refractivity contribution in [1.82, 2.24) is 0 Å². The second-order valence-electron chi connectivity index (χ2n) is 8.08. The molecular weight excluding hydrogens is 431 g/mol. The molecule has 0 saturated carbocycles. The standard InChI is InChI=1S/C26H26F3NOS/c1-6-18-21(10-7-11-22(18)27)24(26(31,15-32-5)25(4,28)29)30-23-12-8-9-19-17(3)16(2)13-14-20(19)23/h1,7-14,24,30-31H,15H2,2-5H3. The van der Waals surface area contributed by atoms with Crippen molar-refractivity contribution >= 4 is 28.2 Å². The lowest BCUT2D eigenvalue weighted by molar-refractivity contribution is -0.165. The molecule has 168 valence electrons. The van der Waals surface area contributed by atoms with E-state index >= 15 is 0 Å². The summed E-state index contributed by atoms with van der Waals surface area (Å²) in [5.41, 5.74) is 0.121. The second kappa shape index (κ2) is 9.09. The number of aryl methyl sites for hydroxylation is 2. The Morgan fingerprint density at radius 1 is 1.09 bits per heavy atom. The van der Waals surface area contributed by atoms with Crippen LogP contribution in [0.25, 0.3) is 10.8 Å². The van der Waals surface area contributed by atoms with Crippen LogP contribution in [-0.2, 0) is 0 Å². The smallest absolute Gasteiger partial charge is 0.276 e. The highest BCUT2D eigenvalue weighted by atomic mass is 32.2. The highest BCUT2D eigenvalue weighted by Gasteiger charge is 2.55. The van der Waals surface area contributed by atoms with E-state index < -0.39 is 23.4 Å². The van der Waals surface area contributed by atoms with Crippen LogP contribution in [0.5, 0.6) is 0 Å². The molecule has 3 aromatic carbocycles. The van der Waals surface area contributed by atoms with Crippen molar-refractivity contribution in [2.45, 2.75) is 38.3 Å². The number of rotatable bonds is 7. The number of anilines is 1. The van der Waals surface area contributed by atoms with Gasteiger partial charge in [0, 0.05) is 23.8 Å². The van der Waals surface area contributed by atoms with E-state index in [0.29, 0.717) is 12.6 Å². The van der Waals surface area contributed by atoms with Crippen molar-refractivity contribution in [1.29, 1.82) is 0 Å². The van der Waals surface area contributed by atoms with Crippen molar-refractivity contribution in [2.24, 2.45) is 0 Å². The topological polar surface area (TPSA) is 32.3 Å². The number of halogens is 3. The van der Waals surface area contributed by atoms with Gasteiger partial charge >= 0.3 is 0 Å². The van der Waals surface area contributed by atoms with E-state index in [1.54, 1.807) is 12.3 Å². The van der Waals surface area contributed by atoms with Gasteiger partial charge in [0.2, 0.25) is 0 Å². The molecule has 2 N–H and O–H groups in total. The molecule has 0 spiro atoms. The van der Waals surface area contributed by atoms with E-state index in [0.717, 1.165) is 33.7 Å². The number of hydrogen-bond donors (Lipinski definition) is 2. The maximum absolute atomic E-state index is 14.9. The number of benzene rings is 3. The quantitative estimate of drug-likeness (QED) is 0.398. The number of hydrogen-bond acceptors (Lipinski definition) is 3. The molecule has 0 fully saturated rings. The van der Waals surface area contributed by atoms with Crippen molar-refractivity contribution in [3.05, 3.63) is 76.6 Å². The first kappa shape index (κ1) is 24.0. The Morgan fingerprint density at radius 2 is 1.78 bits per heavy atom. The molecule has 0 aliphatic carbocycles. The van der Waals surface area contributed by atoms with Gasteiger partial charge < -0.3 is 10.4 Å². The fraction of sp³-hybridized carbons (Fsp3) is 0.308. The van der Waals surface area contributed by atoms with E-state index in [9.17, 15) is 18.3 Å². The molecule has 2 atom stereocenters. The number of thioether (sulfide) groups is 1. The summed E-state index contributed by atoms with van der Waals surface area (Å²) in [4.78, 5) is 0. The highest BCUT2D eigenvalue weighted by molar-refractivity contribution is 7.98. The maximum Gasteiger partial charge on any atom is 0.276 e. The summed E-state index contributed by atoms with van der Waals surface area (Å²) in [6.07, 6.45) is 7.17. The summed E-state index contributed by atoms with van der Waals surface area (Å²) >= 11 is 1.08. The molecule has 0 aliphatic heterocycles. The lowest BCUT2D eigenvalue weighted by Gasteiger charge is -2.41. The molecule has 0 bridgehead atoms. The number of nitrogens with one attached hydrogen (secondary N) is 1. The average Bonchev–Trinajstić information content (AvgIpc) is 2.74. The lowest BCUT2D eigenvalue weighted by atomic mass is 9.82. The zero-order valence-corrected chi connectivity index (χ0v) is 19.3. The minimum absolute atomic E-state index is 0.103. The first-order valence-electron chi connectivity index (χ1n) is 10.1. The number of fused-ring (bicyclic) bond motifs is 1. The Kier molecular flexibility index (Phi) is 6.83. The monoisotopic (exact) mass is 457 g/mol.